The van der Waals surface area contributed by atoms with Gasteiger partial charge >= 0.3 is 0 Å². The molecule has 0 aromatic carbocycles. The van der Waals surface area contributed by atoms with E-state index in [0.29, 0.717) is 0 Å². The molecule has 1 aliphatic carbocycles. The summed E-state index contributed by atoms with van der Waals surface area (Å²) in [5.74, 6) is 1.02. The third-order valence-electron chi connectivity index (χ3n) is 3.42. The number of halogens is 2. The number of rotatable bonds is 3. The van der Waals surface area contributed by atoms with Gasteiger partial charge in [0.05, 0.1) is 5.54 Å². The van der Waals surface area contributed by atoms with Crippen molar-refractivity contribution >= 4 is 30.7 Å². The lowest BCUT2D eigenvalue weighted by Gasteiger charge is -2.37. The molecular formula is C12H25Cl2N3O. The molecule has 1 aliphatic heterocycles. The predicted octanol–water partition coefficient (Wildman–Crippen LogP) is 1.12. The molecule has 108 valence electrons. The van der Waals surface area contributed by atoms with E-state index in [4.69, 9.17) is 5.73 Å². The summed E-state index contributed by atoms with van der Waals surface area (Å²) in [5, 5.41) is 0. The third kappa shape index (κ3) is 4.92. The lowest BCUT2D eigenvalue weighted by Crippen LogP contribution is -2.57. The molecule has 1 heterocycles. The van der Waals surface area contributed by atoms with Gasteiger partial charge < -0.3 is 10.6 Å². The van der Waals surface area contributed by atoms with Gasteiger partial charge in [0, 0.05) is 32.7 Å². The van der Waals surface area contributed by atoms with Crippen molar-refractivity contribution in [3.63, 3.8) is 0 Å². The number of carbonyl (C=O) groups excluding carboxylic acids is 1. The van der Waals surface area contributed by atoms with Gasteiger partial charge in [-0.1, -0.05) is 0 Å². The summed E-state index contributed by atoms with van der Waals surface area (Å²) in [6, 6.07) is 0. The van der Waals surface area contributed by atoms with Gasteiger partial charge in [-0.3, -0.25) is 9.69 Å². The van der Waals surface area contributed by atoms with Gasteiger partial charge in [-0.05, 0) is 32.6 Å². The first-order chi connectivity index (χ1) is 7.47. The largest absolute Gasteiger partial charge is 0.339 e. The second-order valence-corrected chi connectivity index (χ2v) is 5.76. The van der Waals surface area contributed by atoms with E-state index in [1.54, 1.807) is 13.8 Å². The number of hydrogen-bond acceptors (Lipinski definition) is 3. The number of hydrogen-bond donors (Lipinski definition) is 1. The molecule has 6 heteroatoms. The van der Waals surface area contributed by atoms with Crippen LogP contribution in [0.15, 0.2) is 0 Å². The maximum atomic E-state index is 11.9. The summed E-state index contributed by atoms with van der Waals surface area (Å²) < 4.78 is 0. The molecule has 0 aromatic heterocycles. The SMILES string of the molecule is CC(C)(N)C(=O)N1CCN(CC2CC2)CC1.Cl.Cl. The Morgan fingerprint density at radius 1 is 1.17 bits per heavy atom. The monoisotopic (exact) mass is 297 g/mol. The molecule has 0 spiro atoms. The van der Waals surface area contributed by atoms with Crippen molar-refractivity contribution in [2.24, 2.45) is 11.7 Å². The molecule has 2 fully saturated rings. The van der Waals surface area contributed by atoms with Gasteiger partial charge in [-0.2, -0.15) is 0 Å². The highest BCUT2D eigenvalue weighted by molar-refractivity contribution is 5.86. The average molecular weight is 298 g/mol. The van der Waals surface area contributed by atoms with E-state index >= 15 is 0 Å². The van der Waals surface area contributed by atoms with E-state index in [1.807, 2.05) is 4.90 Å². The second-order valence-electron chi connectivity index (χ2n) is 5.76. The zero-order chi connectivity index (χ0) is 11.8. The van der Waals surface area contributed by atoms with Crippen molar-refractivity contribution in [1.29, 1.82) is 0 Å². The van der Waals surface area contributed by atoms with Crippen LogP contribution in [0.2, 0.25) is 0 Å². The molecule has 18 heavy (non-hydrogen) atoms. The van der Waals surface area contributed by atoms with Crippen molar-refractivity contribution in [2.45, 2.75) is 32.2 Å². The number of nitrogens with zero attached hydrogens (tertiary/aromatic N) is 2. The van der Waals surface area contributed by atoms with E-state index in [1.165, 1.54) is 19.4 Å². The van der Waals surface area contributed by atoms with Crippen LogP contribution in [0.1, 0.15) is 26.7 Å². The van der Waals surface area contributed by atoms with Gasteiger partial charge in [0.1, 0.15) is 0 Å². The summed E-state index contributed by atoms with van der Waals surface area (Å²) in [7, 11) is 0. The average Bonchev–Trinajstić information content (AvgIpc) is 3.00. The van der Waals surface area contributed by atoms with Gasteiger partial charge in [-0.25, -0.2) is 0 Å². The summed E-state index contributed by atoms with van der Waals surface area (Å²) in [5.41, 5.74) is 5.11. The molecule has 1 saturated carbocycles. The standard InChI is InChI=1S/C12H23N3O.2ClH/c1-12(2,13)11(16)15-7-5-14(6-8-15)9-10-3-4-10;;/h10H,3-9,13H2,1-2H3;2*1H. The van der Waals surface area contributed by atoms with E-state index < -0.39 is 5.54 Å². The molecule has 4 nitrogen and oxygen atoms in total. The zero-order valence-corrected chi connectivity index (χ0v) is 12.9. The molecule has 0 radical (unpaired) electrons. The van der Waals surface area contributed by atoms with Gasteiger partial charge in [0.25, 0.3) is 0 Å². The zero-order valence-electron chi connectivity index (χ0n) is 11.2. The molecular weight excluding hydrogens is 273 g/mol. The van der Waals surface area contributed by atoms with E-state index in [2.05, 4.69) is 4.90 Å². The highest BCUT2D eigenvalue weighted by atomic mass is 35.5. The Labute approximate surface area is 122 Å². The van der Waals surface area contributed by atoms with Crippen LogP contribution >= 0.6 is 24.8 Å². The van der Waals surface area contributed by atoms with Crippen LogP contribution in [0.25, 0.3) is 0 Å². The molecule has 2 rings (SSSR count). The minimum Gasteiger partial charge on any atom is -0.339 e. The molecule has 0 aromatic rings. The lowest BCUT2D eigenvalue weighted by molar-refractivity contribution is -0.137. The van der Waals surface area contributed by atoms with Crippen molar-refractivity contribution in [2.75, 3.05) is 32.7 Å². The smallest absolute Gasteiger partial charge is 0.242 e. The Balaban J connectivity index is 0.00000144. The predicted molar refractivity (Wildman–Crippen MR) is 78.5 cm³/mol. The fraction of sp³-hybridized carbons (Fsp3) is 0.917. The minimum atomic E-state index is -0.724. The van der Waals surface area contributed by atoms with Gasteiger partial charge in [0.2, 0.25) is 5.91 Å². The van der Waals surface area contributed by atoms with E-state index in [0.717, 1.165) is 32.1 Å². The first-order valence-electron chi connectivity index (χ1n) is 6.27. The topological polar surface area (TPSA) is 49.6 Å². The van der Waals surface area contributed by atoms with Crippen molar-refractivity contribution in [1.82, 2.24) is 9.80 Å². The molecule has 1 saturated heterocycles. The fourth-order valence-electron chi connectivity index (χ4n) is 2.21. The minimum absolute atomic E-state index is 0. The maximum absolute atomic E-state index is 11.9. The second kappa shape index (κ2) is 6.94. The lowest BCUT2D eigenvalue weighted by atomic mass is 10.0. The highest BCUT2D eigenvalue weighted by Gasteiger charge is 2.31. The number of piperazine rings is 1. The van der Waals surface area contributed by atoms with Crippen molar-refractivity contribution in [3.05, 3.63) is 0 Å². The van der Waals surface area contributed by atoms with Crippen LogP contribution in [0.4, 0.5) is 0 Å². The van der Waals surface area contributed by atoms with Crippen molar-refractivity contribution < 1.29 is 4.79 Å². The van der Waals surface area contributed by atoms with Gasteiger partial charge in [0.15, 0.2) is 0 Å². The van der Waals surface area contributed by atoms with Crippen LogP contribution in [0.5, 0.6) is 0 Å². The first-order valence-corrected chi connectivity index (χ1v) is 6.27. The van der Waals surface area contributed by atoms with E-state index in [9.17, 15) is 4.79 Å². The first kappa shape index (κ1) is 18.0. The Kier molecular flexibility index (Phi) is 6.93. The van der Waals surface area contributed by atoms with Crippen molar-refractivity contribution in [3.8, 4) is 0 Å². The molecule has 1 amide bonds. The molecule has 0 unspecified atom stereocenters. The number of nitrogens with two attached hydrogens (primary N) is 1. The van der Waals surface area contributed by atoms with Crippen LogP contribution in [-0.4, -0.2) is 54.0 Å². The molecule has 0 atom stereocenters. The normalized spacial score (nSPS) is 20.9. The summed E-state index contributed by atoms with van der Waals surface area (Å²) in [6.45, 7) is 8.50. The Hall–Kier alpha value is -0.0300. The quantitative estimate of drug-likeness (QED) is 0.849. The van der Waals surface area contributed by atoms with Crippen LogP contribution in [0, 0.1) is 5.92 Å². The highest BCUT2D eigenvalue weighted by Crippen LogP contribution is 2.29. The third-order valence-corrected chi connectivity index (χ3v) is 3.42. The summed E-state index contributed by atoms with van der Waals surface area (Å²) in [6.07, 6.45) is 2.80. The summed E-state index contributed by atoms with van der Waals surface area (Å²) >= 11 is 0. The molecule has 0 bridgehead atoms. The molecule has 2 N–H and O–H groups in total. The molecule has 2 aliphatic rings. The Bertz CT molecular complexity index is 269. The number of amides is 1. The summed E-state index contributed by atoms with van der Waals surface area (Å²) in [4.78, 5) is 16.3. The van der Waals surface area contributed by atoms with Crippen LogP contribution in [0.3, 0.4) is 0 Å². The number of carbonyl (C=O) groups is 1. The Morgan fingerprint density at radius 2 is 1.67 bits per heavy atom. The van der Waals surface area contributed by atoms with Crippen LogP contribution < -0.4 is 5.73 Å². The van der Waals surface area contributed by atoms with E-state index in [-0.39, 0.29) is 30.7 Å². The Morgan fingerprint density at radius 3 is 2.06 bits per heavy atom. The van der Waals surface area contributed by atoms with Crippen LogP contribution in [-0.2, 0) is 4.79 Å². The fourth-order valence-corrected chi connectivity index (χ4v) is 2.21. The van der Waals surface area contributed by atoms with Gasteiger partial charge in [-0.15, -0.1) is 24.8 Å². The maximum Gasteiger partial charge on any atom is 0.242 e.